The van der Waals surface area contributed by atoms with E-state index in [9.17, 15) is 19.5 Å². The Bertz CT molecular complexity index is 1940. The lowest BCUT2D eigenvalue weighted by Crippen LogP contribution is -2.24. The van der Waals surface area contributed by atoms with Gasteiger partial charge in [0.05, 0.1) is 11.0 Å². The zero-order chi connectivity index (χ0) is 28.3. The van der Waals surface area contributed by atoms with Crippen molar-refractivity contribution in [3.8, 4) is 0 Å². The van der Waals surface area contributed by atoms with Gasteiger partial charge in [0.25, 0.3) is 0 Å². The quantitative estimate of drug-likeness (QED) is 0.125. The molecule has 4 heterocycles. The van der Waals surface area contributed by atoms with Crippen molar-refractivity contribution in [2.24, 2.45) is 0 Å². The smallest absolute Gasteiger partial charge is 0.194 e. The molecule has 0 radical (unpaired) electrons. The van der Waals surface area contributed by atoms with E-state index in [-0.39, 0.29) is 27.9 Å². The van der Waals surface area contributed by atoms with Crippen LogP contribution in [0.15, 0.2) is 36.7 Å². The largest absolute Gasteiger partial charge is 0.383 e. The summed E-state index contributed by atoms with van der Waals surface area (Å²) in [6.45, 7) is 0. The fraction of sp³-hybridized carbons (Fsp3) is 0.382. The Hall–Kier alpha value is -2.91. The van der Waals surface area contributed by atoms with Gasteiger partial charge in [0.2, 0.25) is 0 Å². The molecule has 0 spiro atoms. The Morgan fingerprint density at radius 3 is 1.81 bits per heavy atom. The first-order valence-corrected chi connectivity index (χ1v) is 18.2. The second kappa shape index (κ2) is 9.29. The highest BCUT2D eigenvalue weighted by Gasteiger charge is 2.44. The molecule has 2 aromatic heterocycles. The van der Waals surface area contributed by atoms with Crippen LogP contribution in [0.4, 0.5) is 0 Å². The normalized spacial score (nSPS) is 25.5. The maximum atomic E-state index is 14.0. The number of nitrogens with zero attached hydrogens (tertiary/aromatic N) is 2. The van der Waals surface area contributed by atoms with Gasteiger partial charge >= 0.3 is 0 Å². The molecule has 0 bridgehead atoms. The average molecular weight is 593 g/mol. The van der Waals surface area contributed by atoms with Crippen molar-refractivity contribution in [1.82, 2.24) is 9.97 Å². The molecule has 4 aliphatic rings. The molecule has 210 valence electrons. The molecule has 2 fully saturated rings. The number of benzene rings is 3. The summed E-state index contributed by atoms with van der Waals surface area (Å²) in [5.74, 6) is -0.786. The Kier molecular flexibility index (Phi) is 5.66. The van der Waals surface area contributed by atoms with E-state index in [0.29, 0.717) is 22.1 Å². The SMILES string of the molecule is O=C1c2ccc3c4ncc5c6c(ccc(c7ncc(c2c37)C(=O)P1C1CCCCC1)c64)C(O)P(C1CCCCC1)C5=O. The third kappa shape index (κ3) is 3.29. The topological polar surface area (TPSA) is 97.2 Å². The molecule has 9 rings (SSSR count). The van der Waals surface area contributed by atoms with Crippen molar-refractivity contribution in [2.45, 2.75) is 81.4 Å². The van der Waals surface area contributed by atoms with Crippen LogP contribution < -0.4 is 0 Å². The summed E-state index contributed by atoms with van der Waals surface area (Å²) in [6, 6.07) is 7.83. The number of hydrogen-bond acceptors (Lipinski definition) is 6. The van der Waals surface area contributed by atoms with Crippen LogP contribution in [0.3, 0.4) is 0 Å². The number of aliphatic hydroxyl groups excluding tert-OH is 1. The number of hydrogen-bond donors (Lipinski definition) is 1. The van der Waals surface area contributed by atoms with Gasteiger partial charge in [-0.25, -0.2) is 0 Å². The van der Waals surface area contributed by atoms with Gasteiger partial charge in [-0.1, -0.05) is 56.7 Å². The number of carbonyl (C=O) groups is 3. The molecule has 42 heavy (non-hydrogen) atoms. The molecule has 0 saturated heterocycles. The van der Waals surface area contributed by atoms with Crippen LogP contribution >= 0.6 is 15.8 Å². The van der Waals surface area contributed by atoms with Crippen LogP contribution in [0.1, 0.15) is 107 Å². The first-order chi connectivity index (χ1) is 20.5. The molecule has 3 unspecified atom stereocenters. The Balaban J connectivity index is 1.29. The second-order valence-corrected chi connectivity index (χ2v) is 17.3. The standard InChI is InChI=1S/C34H30N2O4P2/c37-31-21-13-11-19-27-25(21)23(33(39)41(31)17-7-3-1-4-8-17)15-35-29(27)20-12-14-22-26-24(16-36-30(19)28(20)26)34(40)42(32(22)38)18-9-5-2-6-10-18/h11-18,31,37H,1-10H2. The number of fused-ring (bicyclic) bond motifs is 2. The molecular formula is C34H30N2O4P2. The van der Waals surface area contributed by atoms with E-state index in [4.69, 9.17) is 9.97 Å². The molecule has 0 amide bonds. The van der Waals surface area contributed by atoms with Crippen LogP contribution in [0.2, 0.25) is 0 Å². The van der Waals surface area contributed by atoms with Crippen molar-refractivity contribution in [3.63, 3.8) is 0 Å². The molecule has 3 atom stereocenters. The Morgan fingerprint density at radius 1 is 0.595 bits per heavy atom. The zero-order valence-electron chi connectivity index (χ0n) is 23.2. The van der Waals surface area contributed by atoms with E-state index >= 15 is 0 Å². The minimum Gasteiger partial charge on any atom is -0.383 e. The van der Waals surface area contributed by atoms with E-state index in [1.165, 1.54) is 12.8 Å². The fourth-order valence-corrected chi connectivity index (χ4v) is 13.9. The molecule has 3 aromatic carbocycles. The van der Waals surface area contributed by atoms with Crippen LogP contribution in [-0.4, -0.2) is 43.0 Å². The lowest BCUT2D eigenvalue weighted by molar-refractivity contribution is 0.104. The summed E-state index contributed by atoms with van der Waals surface area (Å²) in [5, 5.41) is 16.5. The zero-order valence-corrected chi connectivity index (χ0v) is 25.0. The highest BCUT2D eigenvalue weighted by Crippen LogP contribution is 2.64. The lowest BCUT2D eigenvalue weighted by atomic mass is 9.89. The van der Waals surface area contributed by atoms with Crippen LogP contribution in [0, 0.1) is 0 Å². The van der Waals surface area contributed by atoms with Crippen molar-refractivity contribution in [3.05, 3.63) is 58.9 Å². The van der Waals surface area contributed by atoms with E-state index in [0.717, 1.165) is 94.9 Å². The highest BCUT2D eigenvalue weighted by molar-refractivity contribution is 7.91. The van der Waals surface area contributed by atoms with Gasteiger partial charge in [-0.15, -0.1) is 0 Å². The van der Waals surface area contributed by atoms with Crippen molar-refractivity contribution < 1.29 is 19.5 Å². The third-order valence-electron chi connectivity index (χ3n) is 10.4. The maximum Gasteiger partial charge on any atom is 0.194 e. The molecule has 1 N–H and O–H groups in total. The van der Waals surface area contributed by atoms with Gasteiger partial charge in [0.15, 0.2) is 16.6 Å². The van der Waals surface area contributed by atoms with Crippen LogP contribution in [0.5, 0.6) is 0 Å². The minimum atomic E-state index is -1.44. The molecule has 6 nitrogen and oxygen atoms in total. The lowest BCUT2D eigenvalue weighted by Gasteiger charge is -2.36. The van der Waals surface area contributed by atoms with Gasteiger partial charge < -0.3 is 5.11 Å². The first-order valence-electron chi connectivity index (χ1n) is 15.3. The van der Waals surface area contributed by atoms with Crippen molar-refractivity contribution >= 4 is 75.8 Å². The highest BCUT2D eigenvalue weighted by atomic mass is 31.1. The molecular weight excluding hydrogens is 562 g/mol. The van der Waals surface area contributed by atoms with Crippen LogP contribution in [-0.2, 0) is 0 Å². The third-order valence-corrected chi connectivity index (χ3v) is 15.8. The minimum absolute atomic E-state index is 0.00638. The molecule has 2 saturated carbocycles. The van der Waals surface area contributed by atoms with Crippen LogP contribution in [0.25, 0.3) is 43.4 Å². The van der Waals surface area contributed by atoms with E-state index in [2.05, 4.69) is 0 Å². The predicted molar refractivity (Wildman–Crippen MR) is 169 cm³/mol. The van der Waals surface area contributed by atoms with E-state index < -0.39 is 21.7 Å². The van der Waals surface area contributed by atoms with Gasteiger partial charge in [0, 0.05) is 77.2 Å². The average Bonchev–Trinajstić information content (AvgIpc) is 3.03. The van der Waals surface area contributed by atoms with Gasteiger partial charge in [-0.2, -0.15) is 0 Å². The summed E-state index contributed by atoms with van der Waals surface area (Å²) in [5.41, 5.74) is 4.54. The molecule has 2 aliphatic heterocycles. The monoisotopic (exact) mass is 592 g/mol. The maximum absolute atomic E-state index is 14.0. The van der Waals surface area contributed by atoms with E-state index in [1.54, 1.807) is 12.4 Å². The van der Waals surface area contributed by atoms with Crippen molar-refractivity contribution in [2.75, 3.05) is 0 Å². The molecule has 5 aromatic rings. The van der Waals surface area contributed by atoms with Crippen molar-refractivity contribution in [1.29, 1.82) is 0 Å². The summed E-state index contributed by atoms with van der Waals surface area (Å²) in [4.78, 5) is 51.7. The van der Waals surface area contributed by atoms with E-state index in [1.807, 2.05) is 24.3 Å². The fourth-order valence-electron chi connectivity index (χ4n) is 8.47. The Labute approximate surface area is 245 Å². The summed E-state index contributed by atoms with van der Waals surface area (Å²) in [7, 11) is -2.69. The molecule has 2 aliphatic carbocycles. The molecule has 8 heteroatoms. The number of aromatic nitrogens is 2. The summed E-state index contributed by atoms with van der Waals surface area (Å²) < 4.78 is 0. The number of aliphatic hydroxyl groups is 1. The second-order valence-electron chi connectivity index (χ2n) is 12.6. The summed E-state index contributed by atoms with van der Waals surface area (Å²) in [6.07, 6.45) is 14.1. The van der Waals surface area contributed by atoms with Gasteiger partial charge in [-0.3, -0.25) is 24.4 Å². The van der Waals surface area contributed by atoms with Gasteiger partial charge in [-0.05, 0) is 48.6 Å². The first kappa shape index (κ1) is 25.6. The number of carbonyl (C=O) groups excluding carboxylic acids is 3. The number of rotatable bonds is 2. The Morgan fingerprint density at radius 2 is 1.14 bits per heavy atom. The van der Waals surface area contributed by atoms with Gasteiger partial charge in [0.1, 0.15) is 5.85 Å². The number of pyridine rings is 2. The summed E-state index contributed by atoms with van der Waals surface area (Å²) >= 11 is 0. The predicted octanol–water partition coefficient (Wildman–Crippen LogP) is 8.60.